The predicted molar refractivity (Wildman–Crippen MR) is 75.4 cm³/mol. The molecule has 0 fully saturated rings. The Kier molecular flexibility index (Phi) is 3.34. The molecule has 0 saturated heterocycles. The minimum absolute atomic E-state index is 0.0799. The second-order valence-electron chi connectivity index (χ2n) is 4.58. The van der Waals surface area contributed by atoms with Crippen molar-refractivity contribution in [2.45, 2.75) is 13.5 Å². The van der Waals surface area contributed by atoms with Gasteiger partial charge in [-0.25, -0.2) is 4.98 Å². The molecule has 0 amide bonds. The van der Waals surface area contributed by atoms with Crippen molar-refractivity contribution in [1.29, 1.82) is 0 Å². The van der Waals surface area contributed by atoms with Crippen LogP contribution in [-0.2, 0) is 6.54 Å². The number of hydrogen-bond acceptors (Lipinski definition) is 6. The standard InChI is InChI=1S/C14H11N3O5/c1-9-10(15-13(22-9)12-5-3-7-21-12)8-16-6-2-4-11(14(16)18)17(19)20/h2-7H,8H2,1H3. The highest BCUT2D eigenvalue weighted by Crippen LogP contribution is 2.22. The number of nitro groups is 1. The van der Waals surface area contributed by atoms with E-state index in [-0.39, 0.29) is 6.54 Å². The van der Waals surface area contributed by atoms with Gasteiger partial charge in [0.15, 0.2) is 5.76 Å². The van der Waals surface area contributed by atoms with Crippen LogP contribution in [0.4, 0.5) is 5.69 Å². The minimum atomic E-state index is -0.706. The molecular formula is C14H11N3O5. The summed E-state index contributed by atoms with van der Waals surface area (Å²) in [6, 6.07) is 6.03. The van der Waals surface area contributed by atoms with Gasteiger partial charge in [0.2, 0.25) is 0 Å². The lowest BCUT2D eigenvalue weighted by Crippen LogP contribution is -2.22. The molecule has 0 aliphatic rings. The molecule has 0 radical (unpaired) electrons. The molecule has 0 spiro atoms. The number of hydrogen-bond donors (Lipinski definition) is 0. The summed E-state index contributed by atoms with van der Waals surface area (Å²) in [6.45, 7) is 1.79. The molecule has 0 saturated carbocycles. The van der Waals surface area contributed by atoms with Crippen LogP contribution in [0.5, 0.6) is 0 Å². The molecule has 8 nitrogen and oxygen atoms in total. The summed E-state index contributed by atoms with van der Waals surface area (Å²) in [5, 5.41) is 10.8. The van der Waals surface area contributed by atoms with Gasteiger partial charge in [-0.3, -0.25) is 14.9 Å². The number of oxazole rings is 1. The number of pyridine rings is 1. The monoisotopic (exact) mass is 301 g/mol. The zero-order valence-electron chi connectivity index (χ0n) is 11.6. The summed E-state index contributed by atoms with van der Waals surface area (Å²) in [5.41, 5.74) is -0.654. The van der Waals surface area contributed by atoms with Gasteiger partial charge < -0.3 is 13.4 Å². The third kappa shape index (κ3) is 2.41. The Labute approximate surface area is 123 Å². The molecule has 3 aromatic heterocycles. The summed E-state index contributed by atoms with van der Waals surface area (Å²) in [7, 11) is 0. The largest absolute Gasteiger partial charge is 0.459 e. The maximum absolute atomic E-state index is 12.0. The van der Waals surface area contributed by atoms with E-state index in [1.54, 1.807) is 19.1 Å². The Morgan fingerprint density at radius 1 is 1.36 bits per heavy atom. The highest BCUT2D eigenvalue weighted by Gasteiger charge is 2.17. The fraction of sp³-hybridized carbons (Fsp3) is 0.143. The zero-order chi connectivity index (χ0) is 15.7. The maximum Gasteiger partial charge on any atom is 0.334 e. The van der Waals surface area contributed by atoms with Gasteiger partial charge in [0.25, 0.3) is 5.89 Å². The van der Waals surface area contributed by atoms with Gasteiger partial charge in [0, 0.05) is 12.3 Å². The Morgan fingerprint density at radius 2 is 2.18 bits per heavy atom. The maximum atomic E-state index is 12.0. The zero-order valence-corrected chi connectivity index (χ0v) is 11.6. The number of aryl methyl sites for hydroxylation is 1. The fourth-order valence-corrected chi connectivity index (χ4v) is 2.03. The van der Waals surface area contributed by atoms with E-state index in [0.29, 0.717) is 23.1 Å². The Hall–Kier alpha value is -3.16. The van der Waals surface area contributed by atoms with Crippen LogP contribution in [-0.4, -0.2) is 14.5 Å². The van der Waals surface area contributed by atoms with Crippen LogP contribution in [0.2, 0.25) is 0 Å². The first-order chi connectivity index (χ1) is 10.6. The smallest absolute Gasteiger partial charge is 0.334 e. The van der Waals surface area contributed by atoms with E-state index in [4.69, 9.17) is 8.83 Å². The number of nitrogens with zero attached hydrogens (tertiary/aromatic N) is 3. The van der Waals surface area contributed by atoms with Gasteiger partial charge in [-0.2, -0.15) is 0 Å². The first kappa shape index (κ1) is 13.8. The van der Waals surface area contributed by atoms with Gasteiger partial charge in [-0.05, 0) is 25.1 Å². The molecule has 0 bridgehead atoms. The third-order valence-corrected chi connectivity index (χ3v) is 3.14. The Morgan fingerprint density at radius 3 is 2.86 bits per heavy atom. The summed E-state index contributed by atoms with van der Waals surface area (Å²) >= 11 is 0. The first-order valence-electron chi connectivity index (χ1n) is 6.40. The van der Waals surface area contributed by atoms with Crippen molar-refractivity contribution in [2.75, 3.05) is 0 Å². The van der Waals surface area contributed by atoms with Gasteiger partial charge >= 0.3 is 11.2 Å². The minimum Gasteiger partial charge on any atom is -0.459 e. The summed E-state index contributed by atoms with van der Waals surface area (Å²) in [5.74, 6) is 1.29. The summed E-state index contributed by atoms with van der Waals surface area (Å²) < 4.78 is 11.9. The SMILES string of the molecule is Cc1oc(-c2ccco2)nc1Cn1cccc([N+](=O)[O-])c1=O. The number of furan rings is 1. The number of aromatic nitrogens is 2. The van der Waals surface area contributed by atoms with E-state index in [2.05, 4.69) is 4.98 Å². The Balaban J connectivity index is 1.96. The van der Waals surface area contributed by atoms with E-state index < -0.39 is 16.2 Å². The molecule has 22 heavy (non-hydrogen) atoms. The molecule has 0 atom stereocenters. The Bertz CT molecular complexity index is 876. The normalized spacial score (nSPS) is 10.8. The molecular weight excluding hydrogens is 290 g/mol. The first-order valence-corrected chi connectivity index (χ1v) is 6.40. The lowest BCUT2D eigenvalue weighted by molar-refractivity contribution is -0.386. The van der Waals surface area contributed by atoms with E-state index in [1.165, 1.54) is 29.2 Å². The van der Waals surface area contributed by atoms with Gasteiger partial charge in [0.05, 0.1) is 17.7 Å². The lowest BCUT2D eigenvalue weighted by atomic mass is 10.3. The van der Waals surface area contributed by atoms with Crippen LogP contribution in [0.25, 0.3) is 11.7 Å². The van der Waals surface area contributed by atoms with Crippen LogP contribution in [0.3, 0.4) is 0 Å². The fourth-order valence-electron chi connectivity index (χ4n) is 2.03. The van der Waals surface area contributed by atoms with Crippen molar-refractivity contribution >= 4 is 5.69 Å². The predicted octanol–water partition coefficient (Wildman–Crippen LogP) is 2.36. The molecule has 0 aliphatic heterocycles. The molecule has 0 aromatic carbocycles. The third-order valence-electron chi connectivity index (χ3n) is 3.14. The molecule has 0 unspecified atom stereocenters. The second kappa shape index (κ2) is 5.32. The average Bonchev–Trinajstić information content (AvgIpc) is 3.11. The van der Waals surface area contributed by atoms with Crippen molar-refractivity contribution < 1.29 is 13.8 Å². The van der Waals surface area contributed by atoms with Gasteiger partial charge in [0.1, 0.15) is 11.5 Å². The van der Waals surface area contributed by atoms with E-state index in [1.807, 2.05) is 0 Å². The van der Waals surface area contributed by atoms with Crippen LogP contribution < -0.4 is 5.56 Å². The van der Waals surface area contributed by atoms with Gasteiger partial charge in [-0.1, -0.05) is 0 Å². The van der Waals surface area contributed by atoms with E-state index >= 15 is 0 Å². The highest BCUT2D eigenvalue weighted by atomic mass is 16.6. The molecule has 0 N–H and O–H groups in total. The van der Waals surface area contributed by atoms with E-state index in [9.17, 15) is 14.9 Å². The summed E-state index contributed by atoms with van der Waals surface area (Å²) in [4.78, 5) is 26.4. The van der Waals surface area contributed by atoms with Crippen LogP contribution in [0.15, 0.2) is 50.4 Å². The molecule has 0 aliphatic carbocycles. The van der Waals surface area contributed by atoms with Crippen molar-refractivity contribution in [2.24, 2.45) is 0 Å². The molecule has 3 heterocycles. The van der Waals surface area contributed by atoms with Crippen LogP contribution in [0.1, 0.15) is 11.5 Å². The van der Waals surface area contributed by atoms with Crippen molar-refractivity contribution in [3.05, 3.63) is 68.6 Å². The average molecular weight is 301 g/mol. The van der Waals surface area contributed by atoms with Crippen molar-refractivity contribution in [3.63, 3.8) is 0 Å². The lowest BCUT2D eigenvalue weighted by Gasteiger charge is -2.02. The van der Waals surface area contributed by atoms with Crippen LogP contribution >= 0.6 is 0 Å². The van der Waals surface area contributed by atoms with Gasteiger partial charge in [-0.15, -0.1) is 0 Å². The summed E-state index contributed by atoms with van der Waals surface area (Å²) in [6.07, 6.45) is 2.97. The molecule has 8 heteroatoms. The second-order valence-corrected chi connectivity index (χ2v) is 4.58. The number of rotatable bonds is 4. The highest BCUT2D eigenvalue weighted by molar-refractivity contribution is 5.44. The van der Waals surface area contributed by atoms with Crippen molar-refractivity contribution in [3.8, 4) is 11.7 Å². The quantitative estimate of drug-likeness (QED) is 0.541. The van der Waals surface area contributed by atoms with Crippen molar-refractivity contribution in [1.82, 2.24) is 9.55 Å². The van der Waals surface area contributed by atoms with E-state index in [0.717, 1.165) is 0 Å². The molecule has 3 aromatic rings. The topological polar surface area (TPSA) is 104 Å². The van der Waals surface area contributed by atoms with Crippen LogP contribution in [0, 0.1) is 17.0 Å². The molecule has 112 valence electrons. The molecule has 3 rings (SSSR count).